The van der Waals surface area contributed by atoms with Crippen LogP contribution in [-0.2, 0) is 0 Å². The summed E-state index contributed by atoms with van der Waals surface area (Å²) in [5, 5.41) is 39.6. The van der Waals surface area contributed by atoms with E-state index in [-0.39, 0.29) is 11.3 Å². The van der Waals surface area contributed by atoms with Gasteiger partial charge in [-0.15, -0.1) is 0 Å². The van der Waals surface area contributed by atoms with Crippen molar-refractivity contribution in [1.82, 2.24) is 4.98 Å². The summed E-state index contributed by atoms with van der Waals surface area (Å²) in [6.45, 7) is 0. The SMILES string of the molecule is N#CC=C1/C(=C2\c3cccnc3-c3c(O)cccc32)C(=C(C#N)C#N)c2ccccc21. The predicted octanol–water partition coefficient (Wildman–Crippen LogP) is 4.99. The number of aromatic nitrogens is 1. The van der Waals surface area contributed by atoms with Gasteiger partial charge in [-0.1, -0.05) is 42.5 Å². The zero-order valence-electron chi connectivity index (χ0n) is 16.1. The lowest BCUT2D eigenvalue weighted by Gasteiger charge is -2.12. The lowest BCUT2D eigenvalue weighted by atomic mass is 9.89. The van der Waals surface area contributed by atoms with Crippen LogP contribution in [0, 0.1) is 34.0 Å². The molecule has 0 amide bonds. The largest absolute Gasteiger partial charge is 0.507 e. The van der Waals surface area contributed by atoms with Gasteiger partial charge in [-0.25, -0.2) is 0 Å². The molecule has 5 nitrogen and oxygen atoms in total. The van der Waals surface area contributed by atoms with Crippen molar-refractivity contribution in [3.05, 3.63) is 100 Å². The summed E-state index contributed by atoms with van der Waals surface area (Å²) in [5.41, 5.74) is 6.71. The molecule has 2 aromatic carbocycles. The second kappa shape index (κ2) is 6.85. The fraction of sp³-hybridized carbons (Fsp3) is 0. The summed E-state index contributed by atoms with van der Waals surface area (Å²) in [4.78, 5) is 4.49. The number of allylic oxidation sites excluding steroid dienone is 5. The van der Waals surface area contributed by atoms with E-state index in [1.807, 2.05) is 48.5 Å². The number of rotatable bonds is 0. The first-order chi connectivity index (χ1) is 15.2. The molecule has 0 radical (unpaired) electrons. The van der Waals surface area contributed by atoms with Crippen molar-refractivity contribution in [2.24, 2.45) is 0 Å². The molecule has 5 heteroatoms. The van der Waals surface area contributed by atoms with Gasteiger partial charge in [0.1, 0.15) is 23.5 Å². The van der Waals surface area contributed by atoms with Crippen molar-refractivity contribution in [2.75, 3.05) is 0 Å². The van der Waals surface area contributed by atoms with E-state index in [1.165, 1.54) is 6.08 Å². The van der Waals surface area contributed by atoms with Crippen LogP contribution in [0.25, 0.3) is 28.0 Å². The third-order valence-electron chi connectivity index (χ3n) is 5.56. The Labute approximate surface area is 178 Å². The highest BCUT2D eigenvalue weighted by Crippen LogP contribution is 2.56. The molecule has 0 saturated heterocycles. The summed E-state index contributed by atoms with van der Waals surface area (Å²) in [6.07, 6.45) is 3.10. The molecule has 142 valence electrons. The average molecular weight is 396 g/mol. The summed E-state index contributed by atoms with van der Waals surface area (Å²) in [5.74, 6) is 0.0979. The van der Waals surface area contributed by atoms with Crippen LogP contribution in [0.5, 0.6) is 5.75 Å². The van der Waals surface area contributed by atoms with Crippen LogP contribution in [0.3, 0.4) is 0 Å². The summed E-state index contributed by atoms with van der Waals surface area (Å²) in [7, 11) is 0. The van der Waals surface area contributed by atoms with E-state index < -0.39 is 0 Å². The molecular weight excluding hydrogens is 384 g/mol. The Balaban J connectivity index is 2.04. The minimum absolute atomic E-state index is 0.0321. The standard InChI is InChI=1S/C26H12N4O/c27-11-10-18-16-5-1-2-6-17(16)22(15(13-28)14-29)25(18)23-19-7-3-9-21(31)24(19)26-20(23)8-4-12-30-26/h1-10,12,31H/b18-10?,25-23+. The number of aromatic hydroxyl groups is 1. The Morgan fingerprint density at radius 1 is 0.806 bits per heavy atom. The number of phenolic OH excluding ortho intramolecular Hbond substituents is 1. The number of phenols is 1. The van der Waals surface area contributed by atoms with Crippen molar-refractivity contribution in [2.45, 2.75) is 0 Å². The first-order valence-corrected chi connectivity index (χ1v) is 9.48. The van der Waals surface area contributed by atoms with Crippen molar-refractivity contribution in [3.8, 4) is 35.2 Å². The van der Waals surface area contributed by atoms with Crippen molar-refractivity contribution >= 4 is 16.7 Å². The molecule has 0 bridgehead atoms. The summed E-state index contributed by atoms with van der Waals surface area (Å²) >= 11 is 0. The summed E-state index contributed by atoms with van der Waals surface area (Å²) in [6, 6.07) is 22.5. The molecule has 0 unspecified atom stereocenters. The Bertz CT molecular complexity index is 1500. The average Bonchev–Trinajstić information content (AvgIpc) is 3.29. The van der Waals surface area contributed by atoms with Crippen LogP contribution in [0.15, 0.2) is 78.0 Å². The number of nitriles is 3. The number of pyridine rings is 1. The molecule has 5 rings (SSSR count). The maximum Gasteiger partial charge on any atom is 0.138 e. The van der Waals surface area contributed by atoms with Gasteiger partial charge in [-0.3, -0.25) is 4.98 Å². The van der Waals surface area contributed by atoms with Crippen molar-refractivity contribution in [1.29, 1.82) is 15.8 Å². The minimum Gasteiger partial charge on any atom is -0.507 e. The second-order valence-electron chi connectivity index (χ2n) is 7.06. The predicted molar refractivity (Wildman–Crippen MR) is 116 cm³/mol. The van der Waals surface area contributed by atoms with Crippen LogP contribution in [0.2, 0.25) is 0 Å². The number of hydrogen-bond donors (Lipinski definition) is 1. The van der Waals surface area contributed by atoms with Crippen LogP contribution in [0.4, 0.5) is 0 Å². The molecule has 1 aromatic heterocycles. The van der Waals surface area contributed by atoms with E-state index in [4.69, 9.17) is 0 Å². The molecule has 0 aliphatic heterocycles. The maximum atomic E-state index is 10.6. The quantitative estimate of drug-likeness (QED) is 0.422. The fourth-order valence-corrected chi connectivity index (χ4v) is 4.43. The molecule has 2 aliphatic carbocycles. The molecule has 0 spiro atoms. The van der Waals surface area contributed by atoms with Crippen LogP contribution in [-0.4, -0.2) is 10.1 Å². The van der Waals surface area contributed by atoms with Gasteiger partial charge in [-0.2, -0.15) is 15.8 Å². The first kappa shape index (κ1) is 18.1. The van der Waals surface area contributed by atoms with Crippen molar-refractivity contribution < 1.29 is 5.11 Å². The number of nitrogens with zero attached hydrogens (tertiary/aromatic N) is 4. The zero-order valence-corrected chi connectivity index (χ0v) is 16.1. The molecule has 2 aliphatic rings. The molecular formula is C26H12N4O. The minimum atomic E-state index is -0.0321. The van der Waals surface area contributed by atoms with E-state index in [1.54, 1.807) is 24.4 Å². The van der Waals surface area contributed by atoms with Crippen LogP contribution >= 0.6 is 0 Å². The van der Waals surface area contributed by atoms with E-state index in [9.17, 15) is 20.9 Å². The first-order valence-electron chi connectivity index (χ1n) is 9.48. The summed E-state index contributed by atoms with van der Waals surface area (Å²) < 4.78 is 0. The molecule has 0 saturated carbocycles. The Morgan fingerprint density at radius 2 is 1.52 bits per heavy atom. The Hall–Kier alpha value is -4.92. The number of benzene rings is 2. The van der Waals surface area contributed by atoms with Crippen molar-refractivity contribution in [3.63, 3.8) is 0 Å². The Morgan fingerprint density at radius 3 is 2.26 bits per heavy atom. The number of fused-ring (bicyclic) bond motifs is 4. The maximum absolute atomic E-state index is 10.6. The van der Waals surface area contributed by atoms with Gasteiger partial charge < -0.3 is 5.11 Å². The van der Waals surface area contributed by atoms with Gasteiger partial charge in [-0.05, 0) is 28.8 Å². The van der Waals surface area contributed by atoms with E-state index in [0.717, 1.165) is 27.8 Å². The smallest absolute Gasteiger partial charge is 0.138 e. The molecule has 0 atom stereocenters. The molecule has 1 N–H and O–H groups in total. The monoisotopic (exact) mass is 396 g/mol. The third-order valence-corrected chi connectivity index (χ3v) is 5.56. The van der Waals surface area contributed by atoms with Gasteiger partial charge >= 0.3 is 0 Å². The fourth-order valence-electron chi connectivity index (χ4n) is 4.43. The lowest BCUT2D eigenvalue weighted by Crippen LogP contribution is -1.94. The third kappa shape index (κ3) is 2.43. The second-order valence-corrected chi connectivity index (χ2v) is 7.06. The molecule has 0 fully saturated rings. The normalized spacial score (nSPS) is 16.7. The van der Waals surface area contributed by atoms with Gasteiger partial charge in [0.2, 0.25) is 0 Å². The van der Waals surface area contributed by atoms with Gasteiger partial charge in [0.15, 0.2) is 0 Å². The topological polar surface area (TPSA) is 104 Å². The van der Waals surface area contributed by atoms with E-state index >= 15 is 0 Å². The van der Waals surface area contributed by atoms with Gasteiger partial charge in [0.05, 0.1) is 17.3 Å². The highest BCUT2D eigenvalue weighted by molar-refractivity contribution is 6.20. The Kier molecular flexibility index (Phi) is 4.01. The number of hydrogen-bond acceptors (Lipinski definition) is 5. The van der Waals surface area contributed by atoms with Crippen LogP contribution < -0.4 is 0 Å². The van der Waals surface area contributed by atoms with E-state index in [0.29, 0.717) is 28.0 Å². The zero-order chi connectivity index (χ0) is 21.5. The lowest BCUT2D eigenvalue weighted by molar-refractivity contribution is 0.477. The van der Waals surface area contributed by atoms with Gasteiger partial charge in [0, 0.05) is 40.1 Å². The highest BCUT2D eigenvalue weighted by atomic mass is 16.3. The molecule has 1 heterocycles. The van der Waals surface area contributed by atoms with Gasteiger partial charge in [0.25, 0.3) is 0 Å². The molecule has 3 aromatic rings. The highest BCUT2D eigenvalue weighted by Gasteiger charge is 2.37. The molecule has 31 heavy (non-hydrogen) atoms. The van der Waals surface area contributed by atoms with E-state index in [2.05, 4.69) is 11.1 Å². The van der Waals surface area contributed by atoms with Crippen LogP contribution in [0.1, 0.15) is 22.3 Å².